The third-order valence-corrected chi connectivity index (χ3v) is 7.15. The van der Waals surface area contributed by atoms with E-state index in [1.807, 2.05) is 40.1 Å². The highest BCUT2D eigenvalue weighted by molar-refractivity contribution is 5.83. The molecule has 1 spiro atoms. The molecule has 2 aromatic carbocycles. The van der Waals surface area contributed by atoms with Gasteiger partial charge in [0, 0.05) is 32.1 Å². The molecule has 2 amide bonds. The fraction of sp³-hybridized carbons (Fsp3) is 0.440. The molecule has 2 fully saturated rings. The lowest BCUT2D eigenvalue weighted by Crippen LogP contribution is -2.43. The number of carbonyl (C=O) groups is 2. The van der Waals surface area contributed by atoms with Crippen LogP contribution in [0.3, 0.4) is 0 Å². The van der Waals surface area contributed by atoms with Crippen molar-refractivity contribution < 1.29 is 14.3 Å². The molecule has 2 aromatic rings. The van der Waals surface area contributed by atoms with Crippen LogP contribution < -0.4 is 4.74 Å². The summed E-state index contributed by atoms with van der Waals surface area (Å²) in [6.45, 7) is 3.09. The minimum atomic E-state index is 0.0323. The van der Waals surface area contributed by atoms with Crippen molar-refractivity contribution in [2.24, 2.45) is 11.3 Å². The van der Waals surface area contributed by atoms with E-state index in [-0.39, 0.29) is 23.8 Å². The smallest absolute Gasteiger partial charge is 0.260 e. The summed E-state index contributed by atoms with van der Waals surface area (Å²) in [7, 11) is 0. The maximum absolute atomic E-state index is 13.1. The van der Waals surface area contributed by atoms with Crippen LogP contribution in [0.2, 0.25) is 0 Å². The number of para-hydroxylation sites is 1. The van der Waals surface area contributed by atoms with E-state index in [1.165, 1.54) is 11.1 Å². The van der Waals surface area contributed by atoms with E-state index in [4.69, 9.17) is 4.74 Å². The van der Waals surface area contributed by atoms with Gasteiger partial charge in [-0.3, -0.25) is 9.59 Å². The Labute approximate surface area is 177 Å². The molecule has 1 aliphatic carbocycles. The van der Waals surface area contributed by atoms with E-state index in [1.54, 1.807) is 0 Å². The van der Waals surface area contributed by atoms with Crippen LogP contribution in [0, 0.1) is 11.3 Å². The van der Waals surface area contributed by atoms with Gasteiger partial charge in [-0.25, -0.2) is 0 Å². The van der Waals surface area contributed by atoms with Gasteiger partial charge in [0.25, 0.3) is 5.91 Å². The highest BCUT2D eigenvalue weighted by Gasteiger charge is 2.59. The molecule has 3 aliphatic rings. The predicted octanol–water partition coefficient (Wildman–Crippen LogP) is 3.28. The van der Waals surface area contributed by atoms with Crippen molar-refractivity contribution in [2.75, 3.05) is 26.2 Å². The molecule has 0 N–H and O–H groups in total. The molecule has 0 radical (unpaired) electrons. The zero-order valence-corrected chi connectivity index (χ0v) is 17.3. The number of benzene rings is 2. The third kappa shape index (κ3) is 3.69. The molecule has 2 aliphatic heterocycles. The van der Waals surface area contributed by atoms with Crippen LogP contribution in [-0.2, 0) is 22.6 Å². The second-order valence-electron chi connectivity index (χ2n) is 8.88. The first-order valence-electron chi connectivity index (χ1n) is 11.0. The SMILES string of the molecule is O=C(COc1ccccc1)N1CCC2(CC1)CC2C(=O)N1CCc2ccccc2C1. The monoisotopic (exact) mass is 404 g/mol. The molecule has 1 saturated carbocycles. The molecule has 5 nitrogen and oxygen atoms in total. The van der Waals surface area contributed by atoms with Gasteiger partial charge in [-0.2, -0.15) is 0 Å². The Kier molecular flexibility index (Phi) is 4.97. The lowest BCUT2D eigenvalue weighted by Gasteiger charge is -2.34. The summed E-state index contributed by atoms with van der Waals surface area (Å²) in [6, 6.07) is 17.9. The molecule has 2 heterocycles. The van der Waals surface area contributed by atoms with Crippen molar-refractivity contribution in [3.63, 3.8) is 0 Å². The maximum atomic E-state index is 13.1. The standard InChI is InChI=1S/C25H28N2O3/c28-23(18-30-21-8-2-1-3-9-21)26-14-11-25(12-15-26)16-22(25)24(29)27-13-10-19-6-4-5-7-20(19)17-27/h1-9,22H,10-18H2. The van der Waals surface area contributed by atoms with Gasteiger partial charge in [-0.15, -0.1) is 0 Å². The minimum absolute atomic E-state index is 0.0323. The highest BCUT2D eigenvalue weighted by Crippen LogP contribution is 2.60. The number of piperidine rings is 1. The Bertz CT molecular complexity index is 934. The Morgan fingerprint density at radius 1 is 0.900 bits per heavy atom. The number of likely N-dealkylation sites (tertiary alicyclic amines) is 1. The lowest BCUT2D eigenvalue weighted by atomic mass is 9.90. The molecule has 5 heteroatoms. The second kappa shape index (κ2) is 7.78. The molecule has 1 saturated heterocycles. The van der Waals surface area contributed by atoms with E-state index >= 15 is 0 Å². The number of hydrogen-bond acceptors (Lipinski definition) is 3. The zero-order chi connectivity index (χ0) is 20.6. The number of carbonyl (C=O) groups excluding carboxylic acids is 2. The molecular formula is C25H28N2O3. The van der Waals surface area contributed by atoms with Crippen molar-refractivity contribution >= 4 is 11.8 Å². The van der Waals surface area contributed by atoms with Crippen LogP contribution in [0.4, 0.5) is 0 Å². The van der Waals surface area contributed by atoms with Gasteiger partial charge >= 0.3 is 0 Å². The van der Waals surface area contributed by atoms with Gasteiger partial charge < -0.3 is 14.5 Å². The van der Waals surface area contributed by atoms with Gasteiger partial charge in [-0.1, -0.05) is 42.5 Å². The quantitative estimate of drug-likeness (QED) is 0.786. The first kappa shape index (κ1) is 19.2. The van der Waals surface area contributed by atoms with Gasteiger partial charge in [-0.05, 0) is 54.4 Å². The van der Waals surface area contributed by atoms with Gasteiger partial charge in [0.15, 0.2) is 6.61 Å². The largest absolute Gasteiger partial charge is 0.484 e. The Hall–Kier alpha value is -2.82. The van der Waals surface area contributed by atoms with Gasteiger partial charge in [0.05, 0.1) is 0 Å². The Morgan fingerprint density at radius 2 is 1.60 bits per heavy atom. The summed E-state index contributed by atoms with van der Waals surface area (Å²) >= 11 is 0. The fourth-order valence-corrected chi connectivity index (χ4v) is 5.11. The average molecular weight is 405 g/mol. The van der Waals surface area contributed by atoms with E-state index in [0.29, 0.717) is 5.91 Å². The first-order valence-corrected chi connectivity index (χ1v) is 11.0. The summed E-state index contributed by atoms with van der Waals surface area (Å²) in [4.78, 5) is 29.6. The highest BCUT2D eigenvalue weighted by atomic mass is 16.5. The predicted molar refractivity (Wildman–Crippen MR) is 114 cm³/mol. The molecule has 30 heavy (non-hydrogen) atoms. The van der Waals surface area contributed by atoms with Crippen LogP contribution in [0.5, 0.6) is 5.75 Å². The van der Waals surface area contributed by atoms with Gasteiger partial charge in [0.1, 0.15) is 5.75 Å². The van der Waals surface area contributed by atoms with E-state index in [9.17, 15) is 9.59 Å². The summed E-state index contributed by atoms with van der Waals surface area (Å²) < 4.78 is 5.60. The van der Waals surface area contributed by atoms with Crippen molar-refractivity contribution in [1.82, 2.24) is 9.80 Å². The zero-order valence-electron chi connectivity index (χ0n) is 17.3. The second-order valence-corrected chi connectivity index (χ2v) is 8.88. The molecule has 0 aromatic heterocycles. The molecule has 1 atom stereocenters. The van der Waals surface area contributed by atoms with Crippen molar-refractivity contribution in [1.29, 1.82) is 0 Å². The molecule has 156 valence electrons. The summed E-state index contributed by atoms with van der Waals surface area (Å²) in [6.07, 6.45) is 3.77. The summed E-state index contributed by atoms with van der Waals surface area (Å²) in [5, 5.41) is 0. The number of nitrogens with zero attached hydrogens (tertiary/aromatic N) is 2. The number of fused-ring (bicyclic) bond motifs is 1. The normalized spacial score (nSPS) is 21.8. The molecule has 0 bridgehead atoms. The van der Waals surface area contributed by atoms with Crippen molar-refractivity contribution in [2.45, 2.75) is 32.2 Å². The summed E-state index contributed by atoms with van der Waals surface area (Å²) in [5.74, 6) is 1.21. The number of hydrogen-bond donors (Lipinski definition) is 0. The average Bonchev–Trinajstić information content (AvgIpc) is 3.50. The minimum Gasteiger partial charge on any atom is -0.484 e. The van der Waals surface area contributed by atoms with E-state index in [2.05, 4.69) is 24.3 Å². The van der Waals surface area contributed by atoms with Crippen LogP contribution in [0.15, 0.2) is 54.6 Å². The molecular weight excluding hydrogens is 376 g/mol. The van der Waals surface area contributed by atoms with Crippen LogP contribution >= 0.6 is 0 Å². The third-order valence-electron chi connectivity index (χ3n) is 7.15. The number of ether oxygens (including phenoxy) is 1. The van der Waals surface area contributed by atoms with Crippen LogP contribution in [-0.4, -0.2) is 47.9 Å². The number of rotatable bonds is 4. The number of amides is 2. The fourth-order valence-electron chi connectivity index (χ4n) is 5.11. The maximum Gasteiger partial charge on any atom is 0.260 e. The first-order chi connectivity index (χ1) is 14.6. The van der Waals surface area contributed by atoms with Crippen LogP contribution in [0.25, 0.3) is 0 Å². The van der Waals surface area contributed by atoms with E-state index < -0.39 is 0 Å². The molecule has 5 rings (SSSR count). The summed E-state index contributed by atoms with van der Waals surface area (Å²) in [5.41, 5.74) is 2.77. The lowest BCUT2D eigenvalue weighted by molar-refractivity contribution is -0.136. The van der Waals surface area contributed by atoms with Gasteiger partial charge in [0.2, 0.25) is 5.91 Å². The van der Waals surface area contributed by atoms with Crippen molar-refractivity contribution in [3.8, 4) is 5.75 Å². The molecule has 1 unspecified atom stereocenters. The van der Waals surface area contributed by atoms with Crippen molar-refractivity contribution in [3.05, 3.63) is 65.7 Å². The Morgan fingerprint density at radius 3 is 2.37 bits per heavy atom. The Balaban J connectivity index is 1.12. The van der Waals surface area contributed by atoms with E-state index in [0.717, 1.165) is 57.6 Å². The van der Waals surface area contributed by atoms with Crippen LogP contribution in [0.1, 0.15) is 30.4 Å². The topological polar surface area (TPSA) is 49.9 Å².